The molecule has 2 aromatic carbocycles. The van der Waals surface area contributed by atoms with E-state index in [2.05, 4.69) is 46.4 Å². The van der Waals surface area contributed by atoms with Gasteiger partial charge in [-0.3, -0.25) is 19.1 Å². The van der Waals surface area contributed by atoms with Gasteiger partial charge in [0.1, 0.15) is 5.75 Å². The summed E-state index contributed by atoms with van der Waals surface area (Å²) in [5, 5.41) is 4.23. The summed E-state index contributed by atoms with van der Waals surface area (Å²) in [6.45, 7) is 9.62. The molecule has 0 radical (unpaired) electrons. The van der Waals surface area contributed by atoms with Gasteiger partial charge in [0.15, 0.2) is 0 Å². The molecule has 3 heterocycles. The van der Waals surface area contributed by atoms with E-state index in [0.717, 1.165) is 70.2 Å². The van der Waals surface area contributed by atoms with E-state index in [1.165, 1.54) is 45.7 Å². The number of nitrogens with zero attached hydrogens (tertiary/aromatic N) is 3. The Hall–Kier alpha value is -3.89. The van der Waals surface area contributed by atoms with Crippen LogP contribution in [0.15, 0.2) is 64.8 Å². The standard InChI is InChI=1S/C39H51N3O6S/c1-3-5-6-7-8-9-10-16-37(44)48-38(39(45)46-4-2)42-34-29-31(19-17-30(34)18-20-36(42)43)47-27-12-11-22-40-23-25-41(26-24-40)33-14-13-15-35-32(33)21-28-49-35/h13-15,17-21,28-29,38H,3-12,16,22-27H2,1-2H3. The third-order valence-electron chi connectivity index (χ3n) is 9.18. The van der Waals surface area contributed by atoms with Gasteiger partial charge in [0.2, 0.25) is 0 Å². The predicted molar refractivity (Wildman–Crippen MR) is 198 cm³/mol. The number of piperazine rings is 1. The molecule has 0 bridgehead atoms. The highest BCUT2D eigenvalue weighted by atomic mass is 32.1. The number of carbonyl (C=O) groups excluding carboxylic acids is 2. The summed E-state index contributed by atoms with van der Waals surface area (Å²) in [6.07, 6.45) is 7.98. The van der Waals surface area contributed by atoms with Crippen molar-refractivity contribution in [2.45, 2.75) is 84.3 Å². The monoisotopic (exact) mass is 689 g/mol. The fourth-order valence-electron chi connectivity index (χ4n) is 6.49. The predicted octanol–water partition coefficient (Wildman–Crippen LogP) is 7.94. The van der Waals surface area contributed by atoms with Crippen LogP contribution in [0, 0.1) is 0 Å². The Morgan fingerprint density at radius 2 is 1.63 bits per heavy atom. The molecule has 1 saturated heterocycles. The maximum atomic E-state index is 13.2. The molecule has 0 N–H and O–H groups in total. The van der Waals surface area contributed by atoms with Crippen LogP contribution in [0.1, 0.15) is 84.3 Å². The zero-order chi connectivity index (χ0) is 34.4. The molecule has 1 aliphatic rings. The van der Waals surface area contributed by atoms with E-state index in [1.807, 2.05) is 12.1 Å². The molecule has 0 spiro atoms. The second-order valence-electron chi connectivity index (χ2n) is 12.7. The number of thiophene rings is 1. The maximum absolute atomic E-state index is 13.2. The largest absolute Gasteiger partial charge is 0.494 e. The lowest BCUT2D eigenvalue weighted by molar-refractivity contribution is -0.174. The zero-order valence-corrected chi connectivity index (χ0v) is 29.9. The summed E-state index contributed by atoms with van der Waals surface area (Å²) in [5.41, 5.74) is 1.32. The van der Waals surface area contributed by atoms with Crippen LogP contribution in [0.5, 0.6) is 5.75 Å². The fraction of sp³-hybridized carbons (Fsp3) is 0.513. The molecule has 2 aromatic heterocycles. The van der Waals surface area contributed by atoms with Crippen LogP contribution in [-0.4, -0.2) is 67.3 Å². The normalized spacial score (nSPS) is 14.3. The highest BCUT2D eigenvalue weighted by molar-refractivity contribution is 7.17. The van der Waals surface area contributed by atoms with Gasteiger partial charge in [0.05, 0.1) is 18.7 Å². The topological polar surface area (TPSA) is 90.3 Å². The van der Waals surface area contributed by atoms with Crippen molar-refractivity contribution in [2.75, 3.05) is 50.8 Å². The first-order chi connectivity index (χ1) is 24.0. The van der Waals surface area contributed by atoms with Crippen LogP contribution in [0.2, 0.25) is 0 Å². The molecule has 1 fully saturated rings. The van der Waals surface area contributed by atoms with Crippen molar-refractivity contribution in [3.63, 3.8) is 0 Å². The number of esters is 2. The van der Waals surface area contributed by atoms with E-state index in [4.69, 9.17) is 14.2 Å². The molecule has 264 valence electrons. The van der Waals surface area contributed by atoms with Gasteiger partial charge in [-0.2, -0.15) is 0 Å². The number of ether oxygens (including phenoxy) is 3. The van der Waals surface area contributed by atoms with E-state index < -0.39 is 23.7 Å². The van der Waals surface area contributed by atoms with Crippen molar-refractivity contribution >= 4 is 50.0 Å². The summed E-state index contributed by atoms with van der Waals surface area (Å²) in [6, 6.07) is 17.3. The van der Waals surface area contributed by atoms with Crippen molar-refractivity contribution < 1.29 is 23.8 Å². The zero-order valence-electron chi connectivity index (χ0n) is 29.1. The van der Waals surface area contributed by atoms with Gasteiger partial charge in [0.25, 0.3) is 11.8 Å². The Labute approximate surface area is 293 Å². The summed E-state index contributed by atoms with van der Waals surface area (Å²) in [5.74, 6) is -0.718. The smallest absolute Gasteiger partial charge is 0.369 e. The molecule has 5 rings (SSSR count). The molecule has 1 aliphatic heterocycles. The first-order valence-electron chi connectivity index (χ1n) is 18.1. The number of carbonyl (C=O) groups is 2. The van der Waals surface area contributed by atoms with Crippen molar-refractivity contribution in [1.29, 1.82) is 0 Å². The molecule has 4 aromatic rings. The van der Waals surface area contributed by atoms with Gasteiger partial charge < -0.3 is 19.1 Å². The van der Waals surface area contributed by atoms with E-state index in [9.17, 15) is 14.4 Å². The number of fused-ring (bicyclic) bond motifs is 2. The Morgan fingerprint density at radius 3 is 2.43 bits per heavy atom. The van der Waals surface area contributed by atoms with Crippen LogP contribution in [0.3, 0.4) is 0 Å². The Bertz CT molecular complexity index is 1710. The SMILES string of the molecule is CCCCCCCCCC(=O)OC(C(=O)OCC)n1c(=O)ccc2ccc(OCCCCN3CCN(c4cccc5sccc45)CC3)cc21. The van der Waals surface area contributed by atoms with Crippen LogP contribution < -0.4 is 15.2 Å². The van der Waals surface area contributed by atoms with E-state index in [-0.39, 0.29) is 13.0 Å². The maximum Gasteiger partial charge on any atom is 0.369 e. The van der Waals surface area contributed by atoms with Crippen LogP contribution in [0.4, 0.5) is 5.69 Å². The Balaban J connectivity index is 1.13. The third-order valence-corrected chi connectivity index (χ3v) is 10.1. The van der Waals surface area contributed by atoms with Gasteiger partial charge in [-0.15, -0.1) is 11.3 Å². The number of pyridine rings is 1. The fourth-order valence-corrected chi connectivity index (χ4v) is 7.30. The number of hydrogen-bond acceptors (Lipinski definition) is 9. The second kappa shape index (κ2) is 18.8. The molecule has 0 aliphatic carbocycles. The molecular formula is C39H51N3O6S. The Kier molecular flexibility index (Phi) is 13.9. The highest BCUT2D eigenvalue weighted by Gasteiger charge is 2.29. The molecule has 1 unspecified atom stereocenters. The van der Waals surface area contributed by atoms with E-state index in [0.29, 0.717) is 24.3 Å². The summed E-state index contributed by atoms with van der Waals surface area (Å²) in [4.78, 5) is 44.1. The van der Waals surface area contributed by atoms with Gasteiger partial charge in [-0.25, -0.2) is 4.79 Å². The van der Waals surface area contributed by atoms with E-state index >= 15 is 0 Å². The van der Waals surface area contributed by atoms with Crippen molar-refractivity contribution in [3.05, 3.63) is 70.3 Å². The van der Waals surface area contributed by atoms with E-state index in [1.54, 1.807) is 30.4 Å². The number of hydrogen-bond donors (Lipinski definition) is 0. The first-order valence-corrected chi connectivity index (χ1v) is 18.9. The number of rotatable bonds is 19. The van der Waals surface area contributed by atoms with Crippen molar-refractivity contribution in [1.82, 2.24) is 9.47 Å². The first kappa shape index (κ1) is 36.4. The molecular weight excluding hydrogens is 639 g/mol. The highest BCUT2D eigenvalue weighted by Crippen LogP contribution is 2.31. The number of unbranched alkanes of at least 4 members (excludes halogenated alkanes) is 7. The van der Waals surface area contributed by atoms with Crippen LogP contribution in [0.25, 0.3) is 21.0 Å². The average molecular weight is 690 g/mol. The second-order valence-corrected chi connectivity index (χ2v) is 13.7. The minimum Gasteiger partial charge on any atom is -0.494 e. The Morgan fingerprint density at radius 1 is 0.857 bits per heavy atom. The van der Waals surface area contributed by atoms with Gasteiger partial charge in [-0.1, -0.05) is 51.5 Å². The molecule has 9 nitrogen and oxygen atoms in total. The van der Waals surface area contributed by atoms with Crippen molar-refractivity contribution in [2.24, 2.45) is 0 Å². The quantitative estimate of drug-likeness (QED) is 0.0724. The van der Waals surface area contributed by atoms with Gasteiger partial charge in [-0.05, 0) is 79.9 Å². The number of anilines is 1. The molecule has 1 atom stereocenters. The average Bonchev–Trinajstić information content (AvgIpc) is 3.60. The molecule has 0 amide bonds. The molecule has 0 saturated carbocycles. The lowest BCUT2D eigenvalue weighted by Gasteiger charge is -2.36. The van der Waals surface area contributed by atoms with Crippen LogP contribution in [-0.2, 0) is 19.1 Å². The molecule has 10 heteroatoms. The van der Waals surface area contributed by atoms with Gasteiger partial charge in [0, 0.05) is 60.5 Å². The summed E-state index contributed by atoms with van der Waals surface area (Å²) >= 11 is 1.79. The van der Waals surface area contributed by atoms with Crippen molar-refractivity contribution in [3.8, 4) is 5.75 Å². The number of benzene rings is 2. The molecule has 49 heavy (non-hydrogen) atoms. The lowest BCUT2D eigenvalue weighted by Crippen LogP contribution is -2.46. The summed E-state index contributed by atoms with van der Waals surface area (Å²) in [7, 11) is 0. The lowest BCUT2D eigenvalue weighted by atomic mass is 10.1. The number of aromatic nitrogens is 1. The van der Waals surface area contributed by atoms with Crippen LogP contribution >= 0.6 is 11.3 Å². The minimum absolute atomic E-state index is 0.0971. The summed E-state index contributed by atoms with van der Waals surface area (Å²) < 4.78 is 19.5. The van der Waals surface area contributed by atoms with Gasteiger partial charge >= 0.3 is 11.9 Å². The minimum atomic E-state index is -1.51. The third kappa shape index (κ3) is 10.1.